The Morgan fingerprint density at radius 1 is 1.18 bits per heavy atom. The predicted octanol–water partition coefficient (Wildman–Crippen LogP) is 3.57. The van der Waals surface area contributed by atoms with Crippen molar-refractivity contribution in [1.82, 2.24) is 10.6 Å². The molecule has 2 unspecified atom stereocenters. The highest BCUT2D eigenvalue weighted by atomic mass is 127. The van der Waals surface area contributed by atoms with Gasteiger partial charge in [0.2, 0.25) is 0 Å². The van der Waals surface area contributed by atoms with E-state index < -0.39 is 10.8 Å². The molecule has 0 aliphatic carbocycles. The highest BCUT2D eigenvalue weighted by molar-refractivity contribution is 14.0. The lowest BCUT2D eigenvalue weighted by Crippen LogP contribution is -2.39. The van der Waals surface area contributed by atoms with Gasteiger partial charge in [-0.05, 0) is 38.1 Å². The summed E-state index contributed by atoms with van der Waals surface area (Å²) in [5.74, 6) is 1.28. The Kier molecular flexibility index (Phi) is 11.7. The Morgan fingerprint density at radius 2 is 1.93 bits per heavy atom. The van der Waals surface area contributed by atoms with Crippen molar-refractivity contribution in [2.75, 3.05) is 25.4 Å². The van der Waals surface area contributed by atoms with E-state index in [1.54, 1.807) is 12.1 Å². The lowest BCUT2D eigenvalue weighted by atomic mass is 10.3. The molecule has 2 aromatic carbocycles. The molecule has 2 N–H and O–H groups in total. The third-order valence-corrected chi connectivity index (χ3v) is 4.94. The lowest BCUT2D eigenvalue weighted by molar-refractivity contribution is 0.229. The van der Waals surface area contributed by atoms with Crippen LogP contribution in [0.1, 0.15) is 13.8 Å². The van der Waals surface area contributed by atoms with E-state index >= 15 is 0 Å². The van der Waals surface area contributed by atoms with Gasteiger partial charge in [-0.2, -0.15) is 0 Å². The van der Waals surface area contributed by atoms with Gasteiger partial charge in [0.25, 0.3) is 0 Å². The molecule has 5 nitrogen and oxygen atoms in total. The largest absolute Gasteiger partial charge is 0.489 e. The second-order valence-electron chi connectivity index (χ2n) is 5.89. The number of guanidine groups is 1. The molecule has 2 atom stereocenters. The summed E-state index contributed by atoms with van der Waals surface area (Å²) in [5, 5.41) is 6.33. The maximum atomic E-state index is 13.2. The second kappa shape index (κ2) is 13.5. The summed E-state index contributed by atoms with van der Waals surface area (Å²) >= 11 is 0. The molecule has 0 bridgehead atoms. The van der Waals surface area contributed by atoms with Crippen LogP contribution in [0, 0.1) is 5.82 Å². The molecular weight excluding hydrogens is 492 g/mol. The van der Waals surface area contributed by atoms with Crippen molar-refractivity contribution in [3.8, 4) is 5.75 Å². The number of nitrogens with zero attached hydrogens (tertiary/aromatic N) is 1. The minimum Gasteiger partial charge on any atom is -0.489 e. The van der Waals surface area contributed by atoms with Crippen molar-refractivity contribution in [3.63, 3.8) is 0 Å². The molecule has 8 heteroatoms. The zero-order valence-electron chi connectivity index (χ0n) is 16.1. The summed E-state index contributed by atoms with van der Waals surface area (Å²) in [6.45, 7) is 5.52. The van der Waals surface area contributed by atoms with E-state index in [2.05, 4.69) is 15.6 Å². The standard InChI is InChI=1S/C20H26FN3O2S.HI/c1-3-22-20(23-12-13-27(25)19-10-5-4-6-11-19)24-15-16(2)26-18-9-7-8-17(21)14-18;/h4-11,14,16H,3,12-13,15H2,1-2H3,(H2,22,23,24);1H. The first-order valence-electron chi connectivity index (χ1n) is 8.96. The average Bonchev–Trinajstić information content (AvgIpc) is 2.66. The molecule has 154 valence electrons. The third kappa shape index (κ3) is 9.01. The fourth-order valence-corrected chi connectivity index (χ4v) is 3.31. The molecule has 0 aliphatic heterocycles. The lowest BCUT2D eigenvalue weighted by Gasteiger charge is -2.15. The number of benzene rings is 2. The number of nitrogens with one attached hydrogen (secondary N) is 2. The van der Waals surface area contributed by atoms with Crippen LogP contribution in [-0.2, 0) is 10.8 Å². The molecule has 0 radical (unpaired) electrons. The summed E-state index contributed by atoms with van der Waals surface area (Å²) in [6, 6.07) is 15.4. The minimum atomic E-state index is -1.05. The average molecular weight is 519 g/mol. The Hall–Kier alpha value is -1.68. The summed E-state index contributed by atoms with van der Waals surface area (Å²) in [4.78, 5) is 5.30. The van der Waals surface area contributed by atoms with Crippen LogP contribution in [0.25, 0.3) is 0 Å². The predicted molar refractivity (Wildman–Crippen MR) is 124 cm³/mol. The summed E-state index contributed by atoms with van der Waals surface area (Å²) < 4.78 is 31.1. The van der Waals surface area contributed by atoms with Gasteiger partial charge in [-0.1, -0.05) is 24.3 Å². The Labute approximate surface area is 185 Å². The third-order valence-electron chi connectivity index (χ3n) is 3.57. The summed E-state index contributed by atoms with van der Waals surface area (Å²) in [7, 11) is -1.05. The minimum absolute atomic E-state index is 0. The number of hydrogen-bond acceptors (Lipinski definition) is 3. The van der Waals surface area contributed by atoms with E-state index in [0.29, 0.717) is 37.1 Å². The number of ether oxygens (including phenoxy) is 1. The SMILES string of the molecule is CCNC(=NCC(C)Oc1cccc(F)c1)NCCS(=O)c1ccccc1.I. The first-order chi connectivity index (χ1) is 13.1. The van der Waals surface area contributed by atoms with Crippen LogP contribution in [0.3, 0.4) is 0 Å². The van der Waals surface area contributed by atoms with Gasteiger partial charge in [0.05, 0.1) is 17.3 Å². The normalized spacial score (nSPS) is 13.2. The van der Waals surface area contributed by atoms with Crippen LogP contribution < -0.4 is 15.4 Å². The fraction of sp³-hybridized carbons (Fsp3) is 0.350. The van der Waals surface area contributed by atoms with E-state index in [4.69, 9.17) is 4.74 Å². The number of aliphatic imine (C=N–C) groups is 1. The zero-order valence-corrected chi connectivity index (χ0v) is 19.2. The van der Waals surface area contributed by atoms with Crippen LogP contribution >= 0.6 is 24.0 Å². The van der Waals surface area contributed by atoms with Crippen LogP contribution in [0.5, 0.6) is 5.75 Å². The number of halogens is 2. The topological polar surface area (TPSA) is 62.7 Å². The van der Waals surface area contributed by atoms with Gasteiger partial charge in [0.1, 0.15) is 17.7 Å². The number of hydrogen-bond donors (Lipinski definition) is 2. The summed E-state index contributed by atoms with van der Waals surface area (Å²) in [5.41, 5.74) is 0. The van der Waals surface area contributed by atoms with Crippen LogP contribution in [0.2, 0.25) is 0 Å². The molecule has 0 saturated carbocycles. The molecule has 0 saturated heterocycles. The van der Waals surface area contributed by atoms with Gasteiger partial charge < -0.3 is 15.4 Å². The monoisotopic (exact) mass is 519 g/mol. The zero-order chi connectivity index (χ0) is 19.5. The maximum absolute atomic E-state index is 13.2. The second-order valence-corrected chi connectivity index (χ2v) is 7.47. The molecule has 2 aromatic rings. The smallest absolute Gasteiger partial charge is 0.191 e. The van der Waals surface area contributed by atoms with Gasteiger partial charge in [0.15, 0.2) is 5.96 Å². The van der Waals surface area contributed by atoms with Crippen molar-refractivity contribution in [1.29, 1.82) is 0 Å². The van der Waals surface area contributed by atoms with Crippen molar-refractivity contribution in [2.45, 2.75) is 24.8 Å². The molecule has 0 spiro atoms. The molecule has 0 amide bonds. The fourth-order valence-electron chi connectivity index (χ4n) is 2.32. The van der Waals surface area contributed by atoms with Gasteiger partial charge in [-0.25, -0.2) is 9.38 Å². The quantitative estimate of drug-likeness (QED) is 0.302. The van der Waals surface area contributed by atoms with Crippen LogP contribution in [-0.4, -0.2) is 41.7 Å². The molecule has 28 heavy (non-hydrogen) atoms. The van der Waals surface area contributed by atoms with E-state index in [0.717, 1.165) is 4.90 Å². The van der Waals surface area contributed by atoms with Gasteiger partial charge in [0, 0.05) is 29.8 Å². The molecule has 2 rings (SSSR count). The first-order valence-corrected chi connectivity index (χ1v) is 10.3. The maximum Gasteiger partial charge on any atom is 0.191 e. The molecule has 0 aliphatic rings. The molecular formula is C20H27FIN3O2S. The van der Waals surface area contributed by atoms with Crippen molar-refractivity contribution < 1.29 is 13.3 Å². The van der Waals surface area contributed by atoms with Crippen molar-refractivity contribution in [2.24, 2.45) is 4.99 Å². The highest BCUT2D eigenvalue weighted by Gasteiger charge is 2.07. The van der Waals surface area contributed by atoms with Crippen molar-refractivity contribution >= 4 is 40.7 Å². The van der Waals surface area contributed by atoms with E-state index in [1.807, 2.05) is 44.2 Å². The van der Waals surface area contributed by atoms with Crippen molar-refractivity contribution in [3.05, 3.63) is 60.4 Å². The number of rotatable bonds is 9. The van der Waals surface area contributed by atoms with Gasteiger partial charge in [-0.3, -0.25) is 4.21 Å². The van der Waals surface area contributed by atoms with Crippen LogP contribution in [0.4, 0.5) is 4.39 Å². The summed E-state index contributed by atoms with van der Waals surface area (Å²) in [6.07, 6.45) is -0.208. The van der Waals surface area contributed by atoms with E-state index in [-0.39, 0.29) is 35.9 Å². The van der Waals surface area contributed by atoms with Gasteiger partial charge >= 0.3 is 0 Å². The Balaban J connectivity index is 0.00000392. The van der Waals surface area contributed by atoms with E-state index in [1.165, 1.54) is 12.1 Å². The van der Waals surface area contributed by atoms with Crippen LogP contribution in [0.15, 0.2) is 64.5 Å². The molecule has 0 heterocycles. The molecule has 0 aromatic heterocycles. The first kappa shape index (κ1) is 24.4. The van der Waals surface area contributed by atoms with Gasteiger partial charge in [-0.15, -0.1) is 24.0 Å². The highest BCUT2D eigenvalue weighted by Crippen LogP contribution is 2.13. The van der Waals surface area contributed by atoms with E-state index in [9.17, 15) is 8.60 Å². The Bertz CT molecular complexity index is 762. The Morgan fingerprint density at radius 3 is 2.61 bits per heavy atom. The molecule has 0 fully saturated rings.